The molecule has 2 N–H and O–H groups in total. The van der Waals surface area contributed by atoms with E-state index < -0.39 is 18.2 Å². The number of hydrogen-bond acceptors (Lipinski definition) is 7. The lowest BCUT2D eigenvalue weighted by Crippen LogP contribution is -2.26. The van der Waals surface area contributed by atoms with Crippen molar-refractivity contribution in [2.75, 3.05) is 30.4 Å². The molecule has 0 bridgehead atoms. The average molecular weight is 558 g/mol. The molecule has 0 aliphatic carbocycles. The van der Waals surface area contributed by atoms with Gasteiger partial charge in [0.2, 0.25) is 11.8 Å². The van der Waals surface area contributed by atoms with Crippen molar-refractivity contribution >= 4 is 52.0 Å². The molecule has 0 aromatic heterocycles. The van der Waals surface area contributed by atoms with Crippen LogP contribution in [0.4, 0.5) is 11.4 Å². The second-order valence-corrected chi connectivity index (χ2v) is 7.89. The summed E-state index contributed by atoms with van der Waals surface area (Å²) in [6.45, 7) is 1.07. The summed E-state index contributed by atoms with van der Waals surface area (Å²) in [5.41, 5.74) is 4.50. The molecule has 0 spiro atoms. The van der Waals surface area contributed by atoms with Crippen molar-refractivity contribution in [3.63, 3.8) is 0 Å². The van der Waals surface area contributed by atoms with Gasteiger partial charge in [0.1, 0.15) is 12.2 Å². The molecule has 0 atom stereocenters. The van der Waals surface area contributed by atoms with Crippen molar-refractivity contribution < 1.29 is 14.3 Å². The number of ether oxygens (including phenoxy) is 1. The van der Waals surface area contributed by atoms with Gasteiger partial charge in [0.25, 0.3) is 0 Å². The fraction of sp³-hybridized carbons (Fsp3) is 0.261. The van der Waals surface area contributed by atoms with Gasteiger partial charge in [-0.1, -0.05) is 18.2 Å². The van der Waals surface area contributed by atoms with E-state index in [-0.39, 0.29) is 0 Å². The van der Waals surface area contributed by atoms with Crippen LogP contribution >= 0.6 is 22.6 Å². The smallest absolute Gasteiger partial charge is 0.249 e. The van der Waals surface area contributed by atoms with E-state index in [1.165, 1.54) is 13.3 Å². The maximum atomic E-state index is 12.1. The monoisotopic (exact) mass is 558 g/mol. The molecule has 0 aliphatic heterocycles. The number of rotatable bonds is 11. The van der Waals surface area contributed by atoms with Gasteiger partial charge in [0, 0.05) is 16.7 Å². The molecule has 2 amide bonds. The van der Waals surface area contributed by atoms with Crippen LogP contribution in [0.3, 0.4) is 0 Å². The number of nitriles is 2. The van der Waals surface area contributed by atoms with Crippen LogP contribution in [0.5, 0.6) is 5.75 Å². The van der Waals surface area contributed by atoms with E-state index in [0.29, 0.717) is 37.4 Å². The third kappa shape index (κ3) is 8.43. The number of benzene rings is 2. The zero-order valence-corrected chi connectivity index (χ0v) is 20.2. The predicted octanol–water partition coefficient (Wildman–Crippen LogP) is 3.41. The third-order valence-corrected chi connectivity index (χ3v) is 5.27. The number of methoxy groups -OCH3 is 1. The lowest BCUT2D eigenvalue weighted by molar-refractivity contribution is -0.126. The van der Waals surface area contributed by atoms with E-state index >= 15 is 0 Å². The number of nitrogens with one attached hydrogen (secondary N) is 2. The Hall–Kier alpha value is -3.64. The maximum absolute atomic E-state index is 12.1. The number of para-hydroxylation sites is 2. The quantitative estimate of drug-likeness (QED) is 0.188. The molecule has 0 aliphatic rings. The number of amides is 2. The Morgan fingerprint density at radius 2 is 1.82 bits per heavy atom. The van der Waals surface area contributed by atoms with Crippen molar-refractivity contribution in [1.82, 2.24) is 5.43 Å². The Labute approximate surface area is 206 Å². The van der Waals surface area contributed by atoms with Crippen LogP contribution < -0.4 is 20.4 Å². The van der Waals surface area contributed by atoms with Gasteiger partial charge in [-0.05, 0) is 52.4 Å². The van der Waals surface area contributed by atoms with Gasteiger partial charge in [-0.2, -0.15) is 15.6 Å². The fourth-order valence-electron chi connectivity index (χ4n) is 2.89. The first-order valence-electron chi connectivity index (χ1n) is 10.0. The highest BCUT2D eigenvalue weighted by molar-refractivity contribution is 14.1. The van der Waals surface area contributed by atoms with Gasteiger partial charge >= 0.3 is 0 Å². The lowest BCUT2D eigenvalue weighted by Gasteiger charge is -2.24. The van der Waals surface area contributed by atoms with Crippen LogP contribution in [0, 0.1) is 26.2 Å². The van der Waals surface area contributed by atoms with E-state index in [0.717, 1.165) is 14.8 Å². The number of halogens is 1. The van der Waals surface area contributed by atoms with Gasteiger partial charge < -0.3 is 15.0 Å². The molecule has 0 unspecified atom stereocenters. The summed E-state index contributed by atoms with van der Waals surface area (Å²) >= 11 is 2.18. The van der Waals surface area contributed by atoms with E-state index in [2.05, 4.69) is 50.6 Å². The van der Waals surface area contributed by atoms with Gasteiger partial charge in [-0.25, -0.2) is 5.43 Å². The molecule has 10 heteroatoms. The van der Waals surface area contributed by atoms with Gasteiger partial charge in [-0.15, -0.1) is 0 Å². The number of hydrogen-bond donors (Lipinski definition) is 2. The first kappa shape index (κ1) is 25.6. The number of carbonyl (C=O) groups is 2. The molecular formula is C23H23IN6O3. The Kier molecular flexibility index (Phi) is 10.6. The van der Waals surface area contributed by atoms with Crippen LogP contribution in [0.1, 0.15) is 24.8 Å². The van der Waals surface area contributed by atoms with E-state index in [4.69, 9.17) is 15.3 Å². The minimum Gasteiger partial charge on any atom is -0.495 e. The first-order chi connectivity index (χ1) is 16.0. The zero-order chi connectivity index (χ0) is 24.1. The standard InChI is InChI=1S/C23H23IN6O3/c1-33-21-7-3-2-6-19(21)28-22(31)15-23(32)29-27-16-17-8-9-20(18(24)14-17)30(12-4-10-25)13-5-11-26/h2-3,6-9,14,16H,4-5,12-13,15H2,1H3,(H,28,31)(H,29,32)/b27-16+. The van der Waals surface area contributed by atoms with Crippen molar-refractivity contribution in [3.8, 4) is 17.9 Å². The molecule has 170 valence electrons. The molecule has 9 nitrogen and oxygen atoms in total. The molecule has 0 saturated heterocycles. The molecule has 0 radical (unpaired) electrons. The van der Waals surface area contributed by atoms with Crippen LogP contribution in [-0.2, 0) is 9.59 Å². The fourth-order valence-corrected chi connectivity index (χ4v) is 3.77. The molecule has 0 fully saturated rings. The number of nitrogens with zero attached hydrogens (tertiary/aromatic N) is 4. The average Bonchev–Trinajstić information content (AvgIpc) is 2.80. The summed E-state index contributed by atoms with van der Waals surface area (Å²) in [6, 6.07) is 16.8. The first-order valence-corrected chi connectivity index (χ1v) is 11.1. The van der Waals surface area contributed by atoms with Crippen molar-refractivity contribution in [2.45, 2.75) is 19.3 Å². The summed E-state index contributed by atoms with van der Waals surface area (Å²) in [6.07, 6.45) is 1.82. The SMILES string of the molecule is COc1ccccc1NC(=O)CC(=O)N/N=C/c1ccc(N(CCC#N)CCC#N)c(I)c1. The zero-order valence-electron chi connectivity index (χ0n) is 18.0. The van der Waals surface area contributed by atoms with Crippen molar-refractivity contribution in [1.29, 1.82) is 10.5 Å². The minimum absolute atomic E-state index is 0.362. The second-order valence-electron chi connectivity index (χ2n) is 6.73. The molecule has 2 aromatic carbocycles. The predicted molar refractivity (Wildman–Crippen MR) is 134 cm³/mol. The molecule has 33 heavy (non-hydrogen) atoms. The lowest BCUT2D eigenvalue weighted by atomic mass is 10.2. The van der Waals surface area contributed by atoms with E-state index in [1.54, 1.807) is 24.3 Å². The molecule has 2 aromatic rings. The summed E-state index contributed by atoms with van der Waals surface area (Å²) in [5.74, 6) is -0.536. The third-order valence-electron chi connectivity index (χ3n) is 4.40. The van der Waals surface area contributed by atoms with Crippen LogP contribution in [0.15, 0.2) is 47.6 Å². The number of hydrazone groups is 1. The second kappa shape index (κ2) is 13.7. The molecule has 0 saturated carbocycles. The normalized spacial score (nSPS) is 10.2. The molecular weight excluding hydrogens is 535 g/mol. The Morgan fingerprint density at radius 3 is 2.45 bits per heavy atom. The summed E-state index contributed by atoms with van der Waals surface area (Å²) in [7, 11) is 1.50. The highest BCUT2D eigenvalue weighted by atomic mass is 127. The molecule has 2 rings (SSSR count). The number of carbonyl (C=O) groups excluding carboxylic acids is 2. The molecule has 0 heterocycles. The Bertz CT molecular complexity index is 1070. The Balaban J connectivity index is 1.93. The number of anilines is 2. The van der Waals surface area contributed by atoms with E-state index in [1.807, 2.05) is 23.1 Å². The van der Waals surface area contributed by atoms with E-state index in [9.17, 15) is 9.59 Å². The van der Waals surface area contributed by atoms with Crippen molar-refractivity contribution in [2.24, 2.45) is 5.10 Å². The van der Waals surface area contributed by atoms with Crippen molar-refractivity contribution in [3.05, 3.63) is 51.6 Å². The van der Waals surface area contributed by atoms with Gasteiger partial charge in [0.15, 0.2) is 0 Å². The van der Waals surface area contributed by atoms with Gasteiger partial charge in [0.05, 0.1) is 49.7 Å². The van der Waals surface area contributed by atoms with Gasteiger partial charge in [-0.3, -0.25) is 9.59 Å². The minimum atomic E-state index is -0.552. The highest BCUT2D eigenvalue weighted by Gasteiger charge is 2.12. The van der Waals surface area contributed by atoms with Crippen LogP contribution in [0.2, 0.25) is 0 Å². The highest BCUT2D eigenvalue weighted by Crippen LogP contribution is 2.24. The Morgan fingerprint density at radius 1 is 1.12 bits per heavy atom. The summed E-state index contributed by atoms with van der Waals surface area (Å²) in [5, 5.41) is 24.3. The summed E-state index contributed by atoms with van der Waals surface area (Å²) < 4.78 is 6.09. The largest absolute Gasteiger partial charge is 0.495 e. The maximum Gasteiger partial charge on any atom is 0.249 e. The van der Waals surface area contributed by atoms with Crippen LogP contribution in [-0.4, -0.2) is 38.2 Å². The summed E-state index contributed by atoms with van der Waals surface area (Å²) in [4.78, 5) is 26.1. The van der Waals surface area contributed by atoms with Crippen LogP contribution in [0.25, 0.3) is 0 Å². The topological polar surface area (TPSA) is 131 Å².